The minimum atomic E-state index is -0.332. The Balaban J connectivity index is 0.000000194. The van der Waals surface area contributed by atoms with Gasteiger partial charge < -0.3 is 55.9 Å². The van der Waals surface area contributed by atoms with E-state index >= 15 is 0 Å². The predicted molar refractivity (Wildman–Crippen MR) is 376 cm³/mol. The van der Waals surface area contributed by atoms with Gasteiger partial charge in [-0.2, -0.15) is 0 Å². The Bertz CT molecular complexity index is 2710. The predicted octanol–water partition coefficient (Wildman–Crippen LogP) is 13.1. The number of benzene rings is 6. The van der Waals surface area contributed by atoms with Crippen LogP contribution < -0.4 is 32.8 Å². The summed E-state index contributed by atoms with van der Waals surface area (Å²) in [5, 5.41) is 3.59. The molecule has 6 aromatic carbocycles. The maximum absolute atomic E-state index is 5.90. The average Bonchev–Trinajstić information content (AvgIpc) is 4.56. The molecule has 0 N–H and O–H groups in total. The molecule has 12 nitrogen and oxygen atoms in total. The first-order valence-corrected chi connectivity index (χ1v) is 32.0. The summed E-state index contributed by atoms with van der Waals surface area (Å²) in [6.45, 7) is 28.8. The van der Waals surface area contributed by atoms with Gasteiger partial charge in [0.2, 0.25) is 0 Å². The van der Waals surface area contributed by atoms with Crippen LogP contribution in [0.4, 0.5) is 0 Å². The molecule has 6 aliphatic heterocycles. The van der Waals surface area contributed by atoms with Gasteiger partial charge in [-0.25, -0.2) is 0 Å². The van der Waals surface area contributed by atoms with Crippen LogP contribution in [-0.4, -0.2) is 119 Å². The van der Waals surface area contributed by atoms with Crippen LogP contribution in [0.1, 0.15) is 109 Å². The molecule has 6 heterocycles. The molecular weight excluding hydrogens is 1250 g/mol. The standard InChI is InChI=1S/2C12H17BO2.C11H15BO2.C10H11BCl2O2.2C9H9BCl2O2.2CH4/c2*1-4-12-8-14-13(15-12)11-6-9(2)5-10(3)7-11;1-8-4-9(2)6-11(5-8)12-13-7-10(3)14-12;1-2-10-6-14-11(15-10)7-3-8(12)5-9(13)4-7;2*1-6-5-13-10(14-6)7-2-8(11)4-9(12)3-7;;/h2*5-7,12H,4,8H2,1-3H3;4-6,10H,7H2,1-3H3;3-5,10H,2,6H2,1H3;2*2-4,6H,5H2,1H3;2*1H4. The molecule has 6 fully saturated rings. The molecular formula is C65H86B6Cl6O12. The number of aryl methyl sites for hydroxylation is 6. The van der Waals surface area contributed by atoms with E-state index in [2.05, 4.69) is 117 Å². The summed E-state index contributed by atoms with van der Waals surface area (Å²) in [4.78, 5) is 0. The molecule has 89 heavy (non-hydrogen) atoms. The second-order valence-electron chi connectivity index (χ2n) is 22.7. The first-order chi connectivity index (χ1) is 41.5. The second-order valence-corrected chi connectivity index (χ2v) is 25.3. The van der Waals surface area contributed by atoms with Crippen LogP contribution in [0, 0.1) is 41.5 Å². The molecule has 6 unspecified atom stereocenters. The van der Waals surface area contributed by atoms with Gasteiger partial charge in [0.1, 0.15) is 0 Å². The third kappa shape index (κ3) is 25.0. The third-order valence-electron chi connectivity index (χ3n) is 14.1. The fraction of sp³-hybridized carbons (Fsp3) is 0.446. The van der Waals surface area contributed by atoms with Gasteiger partial charge in [-0.3, -0.25) is 0 Å². The molecule has 6 atom stereocenters. The maximum atomic E-state index is 5.90. The van der Waals surface area contributed by atoms with Crippen LogP contribution in [-0.2, 0) is 55.9 Å². The van der Waals surface area contributed by atoms with Crippen molar-refractivity contribution in [1.82, 2.24) is 0 Å². The summed E-state index contributed by atoms with van der Waals surface area (Å²) in [5.41, 5.74) is 13.6. The van der Waals surface area contributed by atoms with E-state index in [1.54, 1.807) is 42.5 Å². The zero-order valence-electron chi connectivity index (χ0n) is 51.9. The number of halogens is 6. The fourth-order valence-corrected chi connectivity index (χ4v) is 11.8. The first-order valence-electron chi connectivity index (χ1n) is 29.8. The summed E-state index contributed by atoms with van der Waals surface area (Å²) in [5.74, 6) is 0. The zero-order chi connectivity index (χ0) is 62.9. The van der Waals surface area contributed by atoms with Gasteiger partial charge in [0.25, 0.3) is 0 Å². The number of hydrogen-bond donors (Lipinski definition) is 0. The molecule has 24 heteroatoms. The van der Waals surface area contributed by atoms with E-state index in [4.69, 9.17) is 125 Å². The maximum Gasteiger partial charge on any atom is 0.494 e. The van der Waals surface area contributed by atoms with Crippen molar-refractivity contribution in [2.45, 2.75) is 154 Å². The summed E-state index contributed by atoms with van der Waals surface area (Å²) in [6, 6.07) is 35.2. The Morgan fingerprint density at radius 2 is 0.461 bits per heavy atom. The van der Waals surface area contributed by atoms with Gasteiger partial charge in [-0.1, -0.05) is 193 Å². The Morgan fingerprint density at radius 3 is 0.629 bits per heavy atom. The molecule has 0 bridgehead atoms. The quantitative estimate of drug-likeness (QED) is 0.129. The first kappa shape index (κ1) is 76.7. The van der Waals surface area contributed by atoms with Crippen molar-refractivity contribution >= 4 is 145 Å². The van der Waals surface area contributed by atoms with Gasteiger partial charge in [0, 0.05) is 30.1 Å². The van der Waals surface area contributed by atoms with Crippen molar-refractivity contribution in [3.05, 3.63) is 173 Å². The lowest BCUT2D eigenvalue weighted by atomic mass is 9.78. The van der Waals surface area contributed by atoms with Crippen LogP contribution in [0.3, 0.4) is 0 Å². The molecule has 0 radical (unpaired) electrons. The van der Waals surface area contributed by atoms with E-state index < -0.39 is 0 Å². The molecule has 6 aliphatic rings. The molecule has 0 aromatic heterocycles. The second kappa shape index (κ2) is 37.8. The summed E-state index contributed by atoms with van der Waals surface area (Å²) >= 11 is 35.3. The molecule has 0 spiro atoms. The smallest absolute Gasteiger partial charge is 0.405 e. The van der Waals surface area contributed by atoms with Crippen molar-refractivity contribution in [3.63, 3.8) is 0 Å². The highest BCUT2D eigenvalue weighted by atomic mass is 35.5. The van der Waals surface area contributed by atoms with Crippen molar-refractivity contribution < 1.29 is 55.9 Å². The Hall–Kier alpha value is -3.03. The van der Waals surface area contributed by atoms with Crippen LogP contribution in [0.25, 0.3) is 0 Å². The van der Waals surface area contributed by atoms with Crippen molar-refractivity contribution in [1.29, 1.82) is 0 Å². The molecule has 12 rings (SSSR count). The van der Waals surface area contributed by atoms with Gasteiger partial charge in [-0.05, 0) is 169 Å². The SMILES string of the molecule is C.C.CC1COB(c2cc(Cl)cc(Cl)c2)O1.CC1COB(c2cc(Cl)cc(Cl)c2)O1.CCC1COB(c2cc(C)cc(C)c2)O1.CCC1COB(c2cc(C)cc(C)c2)O1.CCC1COB(c2cc(Cl)cc(Cl)c2)O1.Cc1cc(C)cc(B2OCC(C)O2)c1. The fourth-order valence-electron chi connectivity index (χ4n) is 10.1. The summed E-state index contributed by atoms with van der Waals surface area (Å²) in [6.07, 6.45) is 4.13. The summed E-state index contributed by atoms with van der Waals surface area (Å²) in [7, 11) is -1.47. The zero-order valence-corrected chi connectivity index (χ0v) is 56.4. The molecule has 0 amide bonds. The monoisotopic (exact) mass is 1330 g/mol. The van der Waals surface area contributed by atoms with E-state index in [0.717, 1.165) is 52.0 Å². The Kier molecular flexibility index (Phi) is 32.5. The van der Waals surface area contributed by atoms with Crippen molar-refractivity contribution in [2.24, 2.45) is 0 Å². The Morgan fingerprint density at radius 1 is 0.281 bits per heavy atom. The third-order valence-corrected chi connectivity index (χ3v) is 15.5. The lowest BCUT2D eigenvalue weighted by Crippen LogP contribution is -2.32. The minimum Gasteiger partial charge on any atom is -0.405 e. The van der Waals surface area contributed by atoms with Crippen molar-refractivity contribution in [3.8, 4) is 0 Å². The van der Waals surface area contributed by atoms with Crippen LogP contribution in [0.15, 0.2) is 109 Å². The van der Waals surface area contributed by atoms with Gasteiger partial charge >= 0.3 is 42.7 Å². The number of hydrogen-bond acceptors (Lipinski definition) is 12. The van der Waals surface area contributed by atoms with E-state index in [9.17, 15) is 0 Å². The normalized spacial score (nSPS) is 20.8. The van der Waals surface area contributed by atoms with E-state index in [0.29, 0.717) is 69.8 Å². The Labute approximate surface area is 563 Å². The van der Waals surface area contributed by atoms with Gasteiger partial charge in [-0.15, -0.1) is 0 Å². The molecule has 6 saturated heterocycles. The van der Waals surface area contributed by atoms with E-state index in [1.165, 1.54) is 33.4 Å². The highest BCUT2D eigenvalue weighted by Crippen LogP contribution is 2.21. The lowest BCUT2D eigenvalue weighted by Gasteiger charge is -2.08. The van der Waals surface area contributed by atoms with Crippen LogP contribution in [0.5, 0.6) is 0 Å². The average molecular weight is 1340 g/mol. The molecule has 6 aromatic rings. The van der Waals surface area contributed by atoms with Gasteiger partial charge in [0.05, 0.1) is 76.3 Å². The highest BCUT2D eigenvalue weighted by molar-refractivity contribution is 6.64. The van der Waals surface area contributed by atoms with E-state index in [1.807, 2.05) is 32.9 Å². The lowest BCUT2D eigenvalue weighted by molar-refractivity contribution is 0.230. The van der Waals surface area contributed by atoms with Gasteiger partial charge in [0.15, 0.2) is 0 Å². The van der Waals surface area contributed by atoms with Crippen LogP contribution >= 0.6 is 69.6 Å². The largest absolute Gasteiger partial charge is 0.494 e. The minimum absolute atomic E-state index is 0. The summed E-state index contributed by atoms with van der Waals surface area (Å²) < 4.78 is 67.1. The molecule has 478 valence electrons. The topological polar surface area (TPSA) is 111 Å². The number of rotatable bonds is 9. The highest BCUT2D eigenvalue weighted by Gasteiger charge is 2.36. The molecule has 0 saturated carbocycles. The van der Waals surface area contributed by atoms with Crippen molar-refractivity contribution in [2.75, 3.05) is 39.6 Å². The molecule has 0 aliphatic carbocycles. The van der Waals surface area contributed by atoms with Crippen LogP contribution in [0.2, 0.25) is 30.1 Å². The van der Waals surface area contributed by atoms with E-state index in [-0.39, 0.29) is 94.2 Å².